The smallest absolute Gasteiger partial charge is 0.147 e. The number of hydrogen-bond donors (Lipinski definition) is 3. The van der Waals surface area contributed by atoms with Crippen LogP contribution in [0.4, 0.5) is 10.1 Å². The van der Waals surface area contributed by atoms with Crippen molar-refractivity contribution in [3.05, 3.63) is 65.5 Å². The number of nitrogens with one attached hydrogen (secondary N) is 2. The van der Waals surface area contributed by atoms with Crippen molar-refractivity contribution in [2.24, 2.45) is 5.73 Å². The van der Waals surface area contributed by atoms with Gasteiger partial charge in [-0.05, 0) is 23.8 Å². The van der Waals surface area contributed by atoms with E-state index in [4.69, 9.17) is 11.1 Å². The fraction of sp³-hybridized carbons (Fsp3) is 0.0714. The van der Waals surface area contributed by atoms with Gasteiger partial charge in [0.15, 0.2) is 0 Å². The van der Waals surface area contributed by atoms with Crippen molar-refractivity contribution in [2.75, 3.05) is 5.32 Å². The van der Waals surface area contributed by atoms with Gasteiger partial charge in [0, 0.05) is 12.1 Å². The molecule has 0 heterocycles. The first-order chi connectivity index (χ1) is 8.66. The minimum Gasteiger partial charge on any atom is -0.384 e. The highest BCUT2D eigenvalue weighted by atomic mass is 35.5. The van der Waals surface area contributed by atoms with Gasteiger partial charge in [-0.15, -0.1) is 12.4 Å². The van der Waals surface area contributed by atoms with Crippen LogP contribution in [0.2, 0.25) is 0 Å². The Kier molecular flexibility index (Phi) is 5.33. The third-order valence-corrected chi connectivity index (χ3v) is 2.61. The van der Waals surface area contributed by atoms with Gasteiger partial charge in [-0.2, -0.15) is 0 Å². The first-order valence-electron chi connectivity index (χ1n) is 5.58. The Morgan fingerprint density at radius 1 is 1.16 bits per heavy atom. The van der Waals surface area contributed by atoms with Gasteiger partial charge in [-0.1, -0.05) is 30.3 Å². The Morgan fingerprint density at radius 2 is 1.84 bits per heavy atom. The fourth-order valence-electron chi connectivity index (χ4n) is 1.62. The summed E-state index contributed by atoms with van der Waals surface area (Å²) in [5, 5.41) is 10.2. The number of amidine groups is 1. The molecule has 19 heavy (non-hydrogen) atoms. The number of anilines is 1. The molecule has 0 bridgehead atoms. The van der Waals surface area contributed by atoms with Crippen LogP contribution in [-0.4, -0.2) is 5.84 Å². The van der Waals surface area contributed by atoms with E-state index in [-0.39, 0.29) is 18.2 Å². The van der Waals surface area contributed by atoms with E-state index in [2.05, 4.69) is 5.32 Å². The highest BCUT2D eigenvalue weighted by Gasteiger charge is 2.04. The average Bonchev–Trinajstić information content (AvgIpc) is 2.38. The molecule has 0 amide bonds. The van der Waals surface area contributed by atoms with E-state index in [1.165, 1.54) is 6.07 Å². The summed E-state index contributed by atoms with van der Waals surface area (Å²) in [5.41, 5.74) is 7.16. The number of nitrogens with two attached hydrogens (primary N) is 1. The molecule has 0 saturated carbocycles. The molecule has 0 aliphatic carbocycles. The number of rotatable bonds is 4. The zero-order chi connectivity index (χ0) is 13.0. The molecule has 0 fully saturated rings. The normalized spacial score (nSPS) is 9.53. The molecule has 0 radical (unpaired) electrons. The molecule has 2 aromatic carbocycles. The molecule has 3 nitrogen and oxygen atoms in total. The number of halogens is 2. The largest absolute Gasteiger partial charge is 0.384 e. The van der Waals surface area contributed by atoms with Crippen LogP contribution < -0.4 is 11.1 Å². The molecule has 2 aromatic rings. The van der Waals surface area contributed by atoms with Gasteiger partial charge in [0.05, 0.1) is 5.69 Å². The second-order valence-corrected chi connectivity index (χ2v) is 3.95. The molecule has 0 atom stereocenters. The Morgan fingerprint density at radius 3 is 2.42 bits per heavy atom. The lowest BCUT2D eigenvalue weighted by atomic mass is 10.1. The maximum absolute atomic E-state index is 13.7. The van der Waals surface area contributed by atoms with Crippen LogP contribution in [0, 0.1) is 11.2 Å². The van der Waals surface area contributed by atoms with Gasteiger partial charge >= 0.3 is 0 Å². The van der Waals surface area contributed by atoms with Gasteiger partial charge in [-0.3, -0.25) is 5.41 Å². The van der Waals surface area contributed by atoms with E-state index in [1.54, 1.807) is 12.1 Å². The Bertz CT molecular complexity index is 558. The summed E-state index contributed by atoms with van der Waals surface area (Å²) in [5.74, 6) is -0.540. The van der Waals surface area contributed by atoms with Crippen LogP contribution in [0.3, 0.4) is 0 Å². The lowest BCUT2D eigenvalue weighted by molar-refractivity contribution is 0.629. The predicted octanol–water partition coefficient (Wildman–Crippen LogP) is 3.14. The predicted molar refractivity (Wildman–Crippen MR) is 78.4 cm³/mol. The second-order valence-electron chi connectivity index (χ2n) is 3.95. The SMILES string of the molecule is Cl.N=C(N)c1ccc(NCc2ccccc2)c(F)c1. The molecule has 0 aromatic heterocycles. The summed E-state index contributed by atoms with van der Waals surface area (Å²) >= 11 is 0. The number of hydrogen-bond acceptors (Lipinski definition) is 2. The third-order valence-electron chi connectivity index (χ3n) is 2.61. The van der Waals surface area contributed by atoms with E-state index in [0.717, 1.165) is 5.56 Å². The molecular formula is C14H15ClFN3. The van der Waals surface area contributed by atoms with Gasteiger partial charge in [0.1, 0.15) is 11.7 Å². The molecule has 5 heteroatoms. The number of nitrogen functional groups attached to an aromatic ring is 1. The maximum atomic E-state index is 13.7. The first-order valence-corrected chi connectivity index (χ1v) is 5.58. The quantitative estimate of drug-likeness (QED) is 0.595. The van der Waals surface area contributed by atoms with Crippen LogP contribution in [0.1, 0.15) is 11.1 Å². The first kappa shape index (κ1) is 15.0. The van der Waals surface area contributed by atoms with Crippen molar-refractivity contribution in [3.63, 3.8) is 0 Å². The van der Waals surface area contributed by atoms with E-state index in [9.17, 15) is 4.39 Å². The van der Waals surface area contributed by atoms with Crippen LogP contribution in [0.15, 0.2) is 48.5 Å². The van der Waals surface area contributed by atoms with E-state index < -0.39 is 5.82 Å². The second kappa shape index (κ2) is 6.75. The minimum atomic E-state index is -0.404. The van der Waals surface area contributed by atoms with Crippen molar-refractivity contribution in [2.45, 2.75) is 6.54 Å². The van der Waals surface area contributed by atoms with Gasteiger partial charge in [0.25, 0.3) is 0 Å². The van der Waals surface area contributed by atoms with E-state index in [0.29, 0.717) is 17.8 Å². The summed E-state index contributed by atoms with van der Waals surface area (Å²) in [7, 11) is 0. The lowest BCUT2D eigenvalue weighted by Gasteiger charge is -2.08. The third kappa shape index (κ3) is 3.96. The highest BCUT2D eigenvalue weighted by molar-refractivity contribution is 5.95. The van der Waals surface area contributed by atoms with Crippen LogP contribution in [-0.2, 0) is 6.54 Å². The fourth-order valence-corrected chi connectivity index (χ4v) is 1.62. The highest BCUT2D eigenvalue weighted by Crippen LogP contribution is 2.16. The molecule has 0 spiro atoms. The average molecular weight is 280 g/mol. The Labute approximate surface area is 117 Å². The summed E-state index contributed by atoms with van der Waals surface area (Å²) in [6.45, 7) is 0.553. The molecular weight excluding hydrogens is 265 g/mol. The van der Waals surface area contributed by atoms with Crippen LogP contribution in [0.25, 0.3) is 0 Å². The van der Waals surface area contributed by atoms with Crippen LogP contribution >= 0.6 is 12.4 Å². The summed E-state index contributed by atoms with van der Waals surface area (Å²) in [6.07, 6.45) is 0. The lowest BCUT2D eigenvalue weighted by Crippen LogP contribution is -2.11. The van der Waals surface area contributed by atoms with Gasteiger partial charge in [-0.25, -0.2) is 4.39 Å². The zero-order valence-electron chi connectivity index (χ0n) is 10.2. The minimum absolute atomic E-state index is 0. The van der Waals surface area contributed by atoms with E-state index >= 15 is 0 Å². The molecule has 0 saturated heterocycles. The molecule has 0 aliphatic heterocycles. The molecule has 4 N–H and O–H groups in total. The van der Waals surface area contributed by atoms with Crippen molar-refractivity contribution in [1.82, 2.24) is 0 Å². The standard InChI is InChI=1S/C14H14FN3.ClH/c15-12-8-11(14(16)17)6-7-13(12)18-9-10-4-2-1-3-5-10;/h1-8,18H,9H2,(H3,16,17);1H. The molecule has 100 valence electrons. The summed E-state index contributed by atoms with van der Waals surface area (Å²) in [6, 6.07) is 14.2. The molecule has 0 unspecified atom stereocenters. The van der Waals surface area contributed by atoms with Crippen molar-refractivity contribution in [3.8, 4) is 0 Å². The summed E-state index contributed by atoms with van der Waals surface area (Å²) < 4.78 is 13.7. The monoisotopic (exact) mass is 279 g/mol. The van der Waals surface area contributed by atoms with Gasteiger partial charge < -0.3 is 11.1 Å². The van der Waals surface area contributed by atoms with Crippen molar-refractivity contribution in [1.29, 1.82) is 5.41 Å². The van der Waals surface area contributed by atoms with Crippen molar-refractivity contribution >= 4 is 23.9 Å². The Balaban J connectivity index is 0.00000180. The van der Waals surface area contributed by atoms with Crippen LogP contribution in [0.5, 0.6) is 0 Å². The molecule has 2 rings (SSSR count). The molecule has 0 aliphatic rings. The van der Waals surface area contributed by atoms with Gasteiger partial charge in [0.2, 0.25) is 0 Å². The maximum Gasteiger partial charge on any atom is 0.147 e. The topological polar surface area (TPSA) is 61.9 Å². The van der Waals surface area contributed by atoms with Crippen molar-refractivity contribution < 1.29 is 4.39 Å². The zero-order valence-corrected chi connectivity index (χ0v) is 11.0. The Hall–Kier alpha value is -2.07. The van der Waals surface area contributed by atoms with E-state index in [1.807, 2.05) is 30.3 Å². The summed E-state index contributed by atoms with van der Waals surface area (Å²) in [4.78, 5) is 0. The number of benzene rings is 2.